The second-order valence-electron chi connectivity index (χ2n) is 10.5. The average Bonchev–Trinajstić information content (AvgIpc) is 3.37. The van der Waals surface area contributed by atoms with E-state index >= 15 is 0 Å². The zero-order valence-corrected chi connectivity index (χ0v) is 22.6. The van der Waals surface area contributed by atoms with E-state index in [0.717, 1.165) is 79.8 Å². The smallest absolute Gasteiger partial charge is 0.253 e. The summed E-state index contributed by atoms with van der Waals surface area (Å²) in [5.74, 6) is 1.60. The summed E-state index contributed by atoms with van der Waals surface area (Å²) in [6.07, 6.45) is 7.68. The average molecular weight is 526 g/mol. The van der Waals surface area contributed by atoms with Crippen LogP contribution in [0.4, 0.5) is 5.82 Å². The number of nitrogens with one attached hydrogen (secondary N) is 1. The molecule has 1 saturated carbocycles. The highest BCUT2D eigenvalue weighted by atomic mass is 16.5. The molecule has 39 heavy (non-hydrogen) atoms. The van der Waals surface area contributed by atoms with Gasteiger partial charge in [0.25, 0.3) is 5.91 Å². The highest BCUT2D eigenvalue weighted by Crippen LogP contribution is 2.36. The number of anilines is 1. The van der Waals surface area contributed by atoms with Crippen LogP contribution in [0.5, 0.6) is 5.88 Å². The number of amides is 1. The third-order valence-electron chi connectivity index (χ3n) is 7.96. The van der Waals surface area contributed by atoms with E-state index in [-0.39, 0.29) is 18.1 Å². The Labute approximate surface area is 228 Å². The van der Waals surface area contributed by atoms with Crippen molar-refractivity contribution in [1.29, 1.82) is 0 Å². The van der Waals surface area contributed by atoms with Crippen LogP contribution in [-0.2, 0) is 0 Å². The Morgan fingerprint density at radius 1 is 0.974 bits per heavy atom. The predicted molar refractivity (Wildman–Crippen MR) is 152 cm³/mol. The molecule has 1 saturated heterocycles. The summed E-state index contributed by atoms with van der Waals surface area (Å²) in [5, 5.41) is 9.31. The van der Waals surface area contributed by atoms with Crippen LogP contribution in [0, 0.1) is 0 Å². The normalized spacial score (nSPS) is 20.2. The first-order valence-electron chi connectivity index (χ1n) is 13.8. The van der Waals surface area contributed by atoms with Crippen molar-refractivity contribution in [2.24, 2.45) is 0 Å². The number of hydrogen-bond acceptors (Lipinski definition) is 7. The molecule has 2 aliphatic rings. The zero-order chi connectivity index (χ0) is 26.8. The molecule has 0 unspecified atom stereocenters. The number of piperazine rings is 1. The van der Waals surface area contributed by atoms with Crippen molar-refractivity contribution in [1.82, 2.24) is 29.5 Å². The first-order chi connectivity index (χ1) is 19.1. The molecule has 1 amide bonds. The second kappa shape index (κ2) is 11.0. The lowest BCUT2D eigenvalue weighted by molar-refractivity contribution is 0.0664. The molecule has 1 aliphatic heterocycles. The largest absolute Gasteiger partial charge is 0.474 e. The number of nitrogens with zero attached hydrogens (tertiary/aromatic N) is 6. The van der Waals surface area contributed by atoms with Crippen molar-refractivity contribution in [2.45, 2.75) is 37.8 Å². The highest BCUT2D eigenvalue weighted by Gasteiger charge is 2.27. The number of aromatic nitrogens is 4. The molecular formula is C30H35N7O2. The number of benzene rings is 1. The van der Waals surface area contributed by atoms with Gasteiger partial charge in [0.15, 0.2) is 0 Å². The summed E-state index contributed by atoms with van der Waals surface area (Å²) in [6, 6.07) is 16.0. The molecule has 3 aromatic heterocycles. The highest BCUT2D eigenvalue weighted by molar-refractivity contribution is 5.97. The minimum absolute atomic E-state index is 0.0926. The van der Waals surface area contributed by atoms with Gasteiger partial charge in [0.2, 0.25) is 5.88 Å². The zero-order valence-electron chi connectivity index (χ0n) is 22.6. The minimum Gasteiger partial charge on any atom is -0.474 e. The van der Waals surface area contributed by atoms with Crippen LogP contribution >= 0.6 is 0 Å². The van der Waals surface area contributed by atoms with Crippen molar-refractivity contribution < 1.29 is 9.53 Å². The minimum atomic E-state index is 0.0926. The van der Waals surface area contributed by atoms with Gasteiger partial charge in [0.1, 0.15) is 17.6 Å². The number of carbonyl (C=O) groups excluding carboxylic acids is 1. The van der Waals surface area contributed by atoms with Gasteiger partial charge in [-0.3, -0.25) is 9.48 Å². The molecule has 202 valence electrons. The lowest BCUT2D eigenvalue weighted by Gasteiger charge is -2.32. The molecular weight excluding hydrogens is 490 g/mol. The quantitative estimate of drug-likeness (QED) is 0.397. The third-order valence-corrected chi connectivity index (χ3v) is 7.96. The Bertz CT molecular complexity index is 1420. The molecule has 1 aromatic carbocycles. The third kappa shape index (κ3) is 5.31. The number of fused-ring (bicyclic) bond motifs is 1. The van der Waals surface area contributed by atoms with Crippen LogP contribution in [0.2, 0.25) is 0 Å². The standard InChI is InChI=1S/C30H35N7O2/c1-31-27-19-26-25(20-33-27)29(21-6-8-22(9-7-21)30(38)36-17-15-35(2)16-18-36)34-37(26)23-10-12-24(13-11-23)39-28-5-3-4-14-32-28/h3-9,14,19-20,23-24H,10-13,15-18H2,1-2H3,(H,31,33). The number of pyridine rings is 2. The first-order valence-corrected chi connectivity index (χ1v) is 13.8. The fourth-order valence-electron chi connectivity index (χ4n) is 5.62. The SMILES string of the molecule is CNc1cc2c(cn1)c(-c1ccc(C(=O)N3CCN(C)CC3)cc1)nn2C1CCC(Oc2ccccn2)CC1. The maximum absolute atomic E-state index is 13.0. The van der Waals surface area contributed by atoms with E-state index in [0.29, 0.717) is 11.4 Å². The summed E-state index contributed by atoms with van der Waals surface area (Å²) in [7, 11) is 3.97. The van der Waals surface area contributed by atoms with Crippen LogP contribution in [0.25, 0.3) is 22.2 Å². The molecule has 0 spiro atoms. The van der Waals surface area contributed by atoms with E-state index in [9.17, 15) is 4.79 Å². The van der Waals surface area contributed by atoms with Crippen LogP contribution in [0.1, 0.15) is 42.1 Å². The summed E-state index contributed by atoms with van der Waals surface area (Å²) < 4.78 is 8.30. The second-order valence-corrected chi connectivity index (χ2v) is 10.5. The molecule has 0 radical (unpaired) electrons. The van der Waals surface area contributed by atoms with Crippen LogP contribution in [0.15, 0.2) is 60.9 Å². The van der Waals surface area contributed by atoms with E-state index in [4.69, 9.17) is 9.84 Å². The fraction of sp³-hybridized carbons (Fsp3) is 0.400. The number of hydrogen-bond donors (Lipinski definition) is 1. The van der Waals surface area contributed by atoms with Crippen molar-refractivity contribution in [3.05, 3.63) is 66.5 Å². The molecule has 6 rings (SSSR count). The summed E-state index contributed by atoms with van der Waals surface area (Å²) in [4.78, 5) is 26.1. The fourth-order valence-corrected chi connectivity index (χ4v) is 5.62. The van der Waals surface area contributed by atoms with Crippen molar-refractivity contribution >= 4 is 22.6 Å². The summed E-state index contributed by atoms with van der Waals surface area (Å²) in [5.41, 5.74) is 3.66. The molecule has 1 aliphatic carbocycles. The lowest BCUT2D eigenvalue weighted by atomic mass is 9.93. The Balaban J connectivity index is 1.23. The predicted octanol–water partition coefficient (Wildman–Crippen LogP) is 4.49. The van der Waals surface area contributed by atoms with Gasteiger partial charge < -0.3 is 19.9 Å². The van der Waals surface area contributed by atoms with E-state index in [1.165, 1.54) is 0 Å². The first kappa shape index (κ1) is 25.3. The molecule has 9 nitrogen and oxygen atoms in total. The van der Waals surface area contributed by atoms with E-state index in [1.54, 1.807) is 6.20 Å². The van der Waals surface area contributed by atoms with Gasteiger partial charge in [-0.15, -0.1) is 0 Å². The molecule has 0 atom stereocenters. The monoisotopic (exact) mass is 525 g/mol. The van der Waals surface area contributed by atoms with Crippen LogP contribution < -0.4 is 10.1 Å². The van der Waals surface area contributed by atoms with E-state index in [2.05, 4.69) is 38.0 Å². The number of likely N-dealkylation sites (N-methyl/N-ethyl adjacent to an activating group) is 1. The Hall–Kier alpha value is -3.98. The Morgan fingerprint density at radius 2 is 1.74 bits per heavy atom. The number of carbonyl (C=O) groups is 1. The van der Waals surface area contributed by atoms with Crippen molar-refractivity contribution in [2.75, 3.05) is 45.6 Å². The molecule has 4 aromatic rings. The molecule has 2 fully saturated rings. The van der Waals surface area contributed by atoms with Gasteiger partial charge in [-0.1, -0.05) is 18.2 Å². The Kier molecular flexibility index (Phi) is 7.15. The van der Waals surface area contributed by atoms with Gasteiger partial charge in [0.05, 0.1) is 11.6 Å². The maximum Gasteiger partial charge on any atom is 0.253 e. The van der Waals surface area contributed by atoms with Crippen molar-refractivity contribution in [3.8, 4) is 17.1 Å². The molecule has 1 N–H and O–H groups in total. The van der Waals surface area contributed by atoms with E-state index < -0.39 is 0 Å². The van der Waals surface area contributed by atoms with Gasteiger partial charge in [-0.2, -0.15) is 5.10 Å². The van der Waals surface area contributed by atoms with Gasteiger partial charge in [0, 0.05) is 74.3 Å². The van der Waals surface area contributed by atoms with Crippen molar-refractivity contribution in [3.63, 3.8) is 0 Å². The topological polar surface area (TPSA) is 88.4 Å². The maximum atomic E-state index is 13.0. The van der Waals surface area contributed by atoms with Crippen LogP contribution in [0.3, 0.4) is 0 Å². The number of rotatable bonds is 6. The summed E-state index contributed by atoms with van der Waals surface area (Å²) in [6.45, 7) is 3.35. The van der Waals surface area contributed by atoms with Gasteiger partial charge in [-0.05, 0) is 50.9 Å². The Morgan fingerprint density at radius 3 is 2.44 bits per heavy atom. The lowest BCUT2D eigenvalue weighted by Crippen LogP contribution is -2.47. The molecule has 0 bridgehead atoms. The summed E-state index contributed by atoms with van der Waals surface area (Å²) >= 11 is 0. The molecule has 4 heterocycles. The van der Waals surface area contributed by atoms with Crippen LogP contribution in [-0.4, -0.2) is 81.8 Å². The van der Waals surface area contributed by atoms with Gasteiger partial charge in [-0.25, -0.2) is 9.97 Å². The number of ether oxygens (including phenoxy) is 1. The molecule has 9 heteroatoms. The van der Waals surface area contributed by atoms with E-state index in [1.807, 2.05) is 60.6 Å². The van der Waals surface area contributed by atoms with Gasteiger partial charge >= 0.3 is 0 Å².